The molecule has 0 bridgehead atoms. The number of nitro benzene ring substituents is 1. The Morgan fingerprint density at radius 3 is 2.58 bits per heavy atom. The third-order valence-electron chi connectivity index (χ3n) is 2.45. The number of oxime groups is 1. The van der Waals surface area contributed by atoms with E-state index in [1.807, 2.05) is 0 Å². The van der Waals surface area contributed by atoms with Gasteiger partial charge in [-0.2, -0.15) is 0 Å². The number of nitro groups is 1. The molecule has 1 rings (SSSR count). The molecule has 0 aliphatic carbocycles. The van der Waals surface area contributed by atoms with E-state index in [9.17, 15) is 18.5 Å². The average Bonchev–Trinajstić information content (AvgIpc) is 2.34. The normalized spacial score (nSPS) is 14.1. The van der Waals surface area contributed by atoms with E-state index in [4.69, 9.17) is 10.3 Å². The summed E-state index contributed by atoms with van der Waals surface area (Å²) in [4.78, 5) is 9.98. The summed E-state index contributed by atoms with van der Waals surface area (Å²) in [5.74, 6) is 0. The summed E-state index contributed by atoms with van der Waals surface area (Å²) in [6.45, 7) is -0.791. The molecule has 1 aromatic rings. The predicted octanol–water partition coefficient (Wildman–Crippen LogP) is 0.179. The summed E-state index contributed by atoms with van der Waals surface area (Å²) in [6, 6.07) is 4.97. The van der Waals surface area contributed by atoms with Crippen molar-refractivity contribution in [3.63, 3.8) is 0 Å². The largest absolute Gasteiger partial charge is 0.411 e. The smallest absolute Gasteiger partial charge is 0.270 e. The fraction of sp³-hybridized carbons (Fsp3) is 0.300. The van der Waals surface area contributed by atoms with Gasteiger partial charge in [-0.05, 0) is 0 Å². The van der Waals surface area contributed by atoms with Crippen LogP contribution in [0.15, 0.2) is 29.4 Å². The molecule has 0 amide bonds. The molecule has 8 nitrogen and oxygen atoms in total. The minimum absolute atomic E-state index is 0.0566. The van der Waals surface area contributed by atoms with Crippen molar-refractivity contribution >= 4 is 21.2 Å². The maximum atomic E-state index is 11.5. The number of rotatable bonds is 5. The van der Waals surface area contributed by atoms with Crippen LogP contribution in [0.25, 0.3) is 0 Å². The van der Waals surface area contributed by atoms with Crippen molar-refractivity contribution in [3.05, 3.63) is 39.9 Å². The van der Waals surface area contributed by atoms with E-state index < -0.39 is 26.6 Å². The maximum Gasteiger partial charge on any atom is 0.270 e. The molecule has 0 aromatic heterocycles. The molecule has 0 saturated heterocycles. The zero-order chi connectivity index (χ0) is 14.6. The minimum atomic E-state index is -3.72. The van der Waals surface area contributed by atoms with E-state index in [1.54, 1.807) is 0 Å². The van der Waals surface area contributed by atoms with Crippen molar-refractivity contribution in [2.45, 2.75) is 5.25 Å². The van der Waals surface area contributed by atoms with E-state index in [0.29, 0.717) is 0 Å². The number of aliphatic hydroxyl groups is 1. The highest BCUT2D eigenvalue weighted by atomic mass is 32.2. The fourth-order valence-corrected chi connectivity index (χ4v) is 2.37. The van der Waals surface area contributed by atoms with E-state index in [2.05, 4.69) is 5.16 Å². The van der Waals surface area contributed by atoms with Crippen LogP contribution in [-0.2, 0) is 9.84 Å². The summed E-state index contributed by atoms with van der Waals surface area (Å²) in [5.41, 5.74) is -0.557. The van der Waals surface area contributed by atoms with Crippen LogP contribution in [0.5, 0.6) is 0 Å². The van der Waals surface area contributed by atoms with Gasteiger partial charge in [0.05, 0.1) is 11.5 Å². The highest BCUT2D eigenvalue weighted by Gasteiger charge is 2.28. The van der Waals surface area contributed by atoms with E-state index in [0.717, 1.165) is 12.3 Å². The van der Waals surface area contributed by atoms with Crippen molar-refractivity contribution in [2.75, 3.05) is 12.9 Å². The van der Waals surface area contributed by atoms with E-state index >= 15 is 0 Å². The molecular weight excluding hydrogens is 276 g/mol. The lowest BCUT2D eigenvalue weighted by Crippen LogP contribution is -2.33. The molecule has 104 valence electrons. The van der Waals surface area contributed by atoms with Gasteiger partial charge in [0.25, 0.3) is 5.69 Å². The first-order valence-electron chi connectivity index (χ1n) is 5.07. The first-order chi connectivity index (χ1) is 8.81. The Morgan fingerprint density at radius 2 is 2.16 bits per heavy atom. The summed E-state index contributed by atoms with van der Waals surface area (Å²) >= 11 is 0. The van der Waals surface area contributed by atoms with Gasteiger partial charge in [-0.3, -0.25) is 10.1 Å². The second-order valence-corrected chi connectivity index (χ2v) is 6.02. The number of non-ortho nitro benzene ring substituents is 1. The number of hydrogen-bond acceptors (Lipinski definition) is 7. The topological polar surface area (TPSA) is 130 Å². The van der Waals surface area contributed by atoms with Crippen molar-refractivity contribution in [3.8, 4) is 0 Å². The van der Waals surface area contributed by atoms with Gasteiger partial charge in [0.15, 0.2) is 9.84 Å². The molecule has 1 atom stereocenters. The van der Waals surface area contributed by atoms with Gasteiger partial charge in [-0.25, -0.2) is 8.42 Å². The zero-order valence-corrected chi connectivity index (χ0v) is 10.7. The van der Waals surface area contributed by atoms with Crippen molar-refractivity contribution in [1.82, 2.24) is 0 Å². The molecule has 0 fully saturated rings. The number of aliphatic hydroxyl groups excluding tert-OH is 1. The standard InChI is InChI=1S/C10H12N2O6S/c1-19(17,18)9(6-13)10(11-14)7-3-2-4-8(5-7)12(15)16/h2-5,9,13-14H,6H2,1H3/b11-10-/t9-/m0/s1. The predicted molar refractivity (Wildman–Crippen MR) is 67.1 cm³/mol. The van der Waals surface area contributed by atoms with Crippen LogP contribution in [0.1, 0.15) is 5.56 Å². The summed E-state index contributed by atoms with van der Waals surface area (Å²) < 4.78 is 22.9. The summed E-state index contributed by atoms with van der Waals surface area (Å²) in [5, 5.41) is 30.1. The molecule has 0 heterocycles. The Kier molecular flexibility index (Phi) is 4.57. The average molecular weight is 288 g/mol. The number of nitrogens with zero attached hydrogens (tertiary/aromatic N) is 2. The number of benzene rings is 1. The molecular formula is C10H12N2O6S. The van der Waals surface area contributed by atoms with E-state index in [1.165, 1.54) is 18.2 Å². The molecule has 0 saturated carbocycles. The molecule has 0 radical (unpaired) electrons. The second-order valence-electron chi connectivity index (χ2n) is 3.79. The molecule has 0 aliphatic rings. The van der Waals surface area contributed by atoms with Crippen LogP contribution in [-0.4, -0.2) is 47.5 Å². The van der Waals surface area contributed by atoms with Crippen LogP contribution in [0.4, 0.5) is 5.69 Å². The Balaban J connectivity index is 3.32. The van der Waals surface area contributed by atoms with Crippen LogP contribution < -0.4 is 0 Å². The maximum absolute atomic E-state index is 11.5. The minimum Gasteiger partial charge on any atom is -0.411 e. The SMILES string of the molecule is CS(=O)(=O)[C@@H](CO)/C(=N\O)c1cccc([N+](=O)[O-])c1. The monoisotopic (exact) mass is 288 g/mol. The Labute approximate surface area is 109 Å². The van der Waals surface area contributed by atoms with Crippen molar-refractivity contribution in [2.24, 2.45) is 5.16 Å². The molecule has 1 aromatic carbocycles. The van der Waals surface area contributed by atoms with Crippen LogP contribution in [0, 0.1) is 10.1 Å². The lowest BCUT2D eigenvalue weighted by molar-refractivity contribution is -0.384. The van der Waals surface area contributed by atoms with E-state index in [-0.39, 0.29) is 17.0 Å². The van der Waals surface area contributed by atoms with Gasteiger partial charge in [0, 0.05) is 24.0 Å². The van der Waals surface area contributed by atoms with Gasteiger partial charge in [0.2, 0.25) is 0 Å². The lowest BCUT2D eigenvalue weighted by atomic mass is 10.1. The van der Waals surface area contributed by atoms with Crippen LogP contribution >= 0.6 is 0 Å². The Bertz CT molecular complexity index is 610. The summed E-state index contributed by atoms with van der Waals surface area (Å²) in [6.07, 6.45) is 0.871. The quantitative estimate of drug-likeness (QED) is 0.344. The molecule has 0 aliphatic heterocycles. The molecule has 0 spiro atoms. The van der Waals surface area contributed by atoms with Crippen molar-refractivity contribution in [1.29, 1.82) is 0 Å². The number of sulfone groups is 1. The van der Waals surface area contributed by atoms with Gasteiger partial charge in [0.1, 0.15) is 11.0 Å². The van der Waals surface area contributed by atoms with Gasteiger partial charge in [-0.1, -0.05) is 17.3 Å². The molecule has 9 heteroatoms. The van der Waals surface area contributed by atoms with Crippen LogP contribution in [0.3, 0.4) is 0 Å². The first-order valence-corrected chi connectivity index (χ1v) is 7.03. The molecule has 19 heavy (non-hydrogen) atoms. The highest BCUT2D eigenvalue weighted by Crippen LogP contribution is 2.17. The van der Waals surface area contributed by atoms with Gasteiger partial charge < -0.3 is 10.3 Å². The first kappa shape index (κ1) is 15.1. The Hall–Kier alpha value is -2.00. The molecule has 0 unspecified atom stereocenters. The van der Waals surface area contributed by atoms with Gasteiger partial charge >= 0.3 is 0 Å². The van der Waals surface area contributed by atoms with Gasteiger partial charge in [-0.15, -0.1) is 0 Å². The number of hydrogen-bond donors (Lipinski definition) is 2. The van der Waals surface area contributed by atoms with Crippen molar-refractivity contribution < 1.29 is 23.7 Å². The Morgan fingerprint density at radius 1 is 1.53 bits per heavy atom. The zero-order valence-electron chi connectivity index (χ0n) is 9.92. The highest BCUT2D eigenvalue weighted by molar-refractivity contribution is 7.92. The lowest BCUT2D eigenvalue weighted by Gasteiger charge is -2.13. The summed E-state index contributed by atoms with van der Waals surface area (Å²) in [7, 11) is -3.72. The van der Waals surface area contributed by atoms with Crippen LogP contribution in [0.2, 0.25) is 0 Å². The molecule has 2 N–H and O–H groups in total. The second kappa shape index (κ2) is 5.76. The fourth-order valence-electron chi connectivity index (χ4n) is 1.51. The third kappa shape index (κ3) is 3.48. The third-order valence-corrected chi connectivity index (χ3v) is 3.85.